The second-order valence-corrected chi connectivity index (χ2v) is 16.3. The molecule has 0 rings (SSSR count). The van der Waals surface area contributed by atoms with Gasteiger partial charge in [-0.3, -0.25) is 14.4 Å². The molecule has 0 radical (unpaired) electrons. The van der Waals surface area contributed by atoms with E-state index in [4.69, 9.17) is 14.2 Å². The number of esters is 3. The summed E-state index contributed by atoms with van der Waals surface area (Å²) in [4.78, 5) is 37.9. The quantitative estimate of drug-likeness (QED) is 0.0264. The molecular formula is C52H92O6. The van der Waals surface area contributed by atoms with Crippen LogP contribution in [0.2, 0.25) is 0 Å². The van der Waals surface area contributed by atoms with E-state index in [0.717, 1.165) is 103 Å². The minimum absolute atomic E-state index is 0.0844. The van der Waals surface area contributed by atoms with Gasteiger partial charge in [0, 0.05) is 19.3 Å². The number of rotatable bonds is 44. The maximum atomic E-state index is 12.7. The van der Waals surface area contributed by atoms with Crippen molar-refractivity contribution in [3.63, 3.8) is 0 Å². The lowest BCUT2D eigenvalue weighted by atomic mass is 10.0. The van der Waals surface area contributed by atoms with E-state index in [1.807, 2.05) is 0 Å². The Bertz CT molecular complexity index is 1030. The van der Waals surface area contributed by atoms with Gasteiger partial charge in [-0.05, 0) is 77.0 Å². The van der Waals surface area contributed by atoms with Crippen LogP contribution in [0.3, 0.4) is 0 Å². The van der Waals surface area contributed by atoms with Crippen LogP contribution < -0.4 is 0 Å². The van der Waals surface area contributed by atoms with Crippen LogP contribution in [0.1, 0.15) is 245 Å². The maximum Gasteiger partial charge on any atom is 0.306 e. The van der Waals surface area contributed by atoms with E-state index in [1.165, 1.54) is 103 Å². The summed E-state index contributed by atoms with van der Waals surface area (Å²) in [6.45, 7) is 6.49. The predicted octanol–water partition coefficient (Wildman–Crippen LogP) is 15.9. The van der Waals surface area contributed by atoms with Crippen LogP contribution in [0.4, 0.5) is 0 Å². The van der Waals surface area contributed by atoms with Gasteiger partial charge in [-0.2, -0.15) is 0 Å². The Labute approximate surface area is 358 Å². The van der Waals surface area contributed by atoms with Crippen molar-refractivity contribution in [1.29, 1.82) is 0 Å². The maximum absolute atomic E-state index is 12.7. The second kappa shape index (κ2) is 47.1. The van der Waals surface area contributed by atoms with Crippen LogP contribution in [0.25, 0.3) is 0 Å². The first-order valence-electron chi connectivity index (χ1n) is 24.6. The van der Waals surface area contributed by atoms with Crippen molar-refractivity contribution in [3.05, 3.63) is 48.6 Å². The number of hydrogen-bond acceptors (Lipinski definition) is 6. The Kier molecular flexibility index (Phi) is 44.9. The van der Waals surface area contributed by atoms with Gasteiger partial charge in [0.15, 0.2) is 6.10 Å². The van der Waals surface area contributed by atoms with Crippen molar-refractivity contribution in [2.45, 2.75) is 252 Å². The largest absolute Gasteiger partial charge is 0.462 e. The Morgan fingerprint density at radius 3 is 1.09 bits per heavy atom. The zero-order chi connectivity index (χ0) is 42.3. The monoisotopic (exact) mass is 813 g/mol. The first-order valence-corrected chi connectivity index (χ1v) is 24.6. The van der Waals surface area contributed by atoms with Crippen LogP contribution in [0.5, 0.6) is 0 Å². The minimum Gasteiger partial charge on any atom is -0.462 e. The zero-order valence-corrected chi connectivity index (χ0v) is 38.3. The molecule has 0 heterocycles. The summed E-state index contributed by atoms with van der Waals surface area (Å²) >= 11 is 0. The number of carbonyl (C=O) groups is 3. The summed E-state index contributed by atoms with van der Waals surface area (Å²) in [6.07, 6.45) is 55.2. The molecule has 0 saturated carbocycles. The van der Waals surface area contributed by atoms with E-state index in [1.54, 1.807) is 0 Å². The first-order chi connectivity index (χ1) is 28.5. The molecule has 336 valence electrons. The summed E-state index contributed by atoms with van der Waals surface area (Å²) in [5.74, 6) is -0.920. The molecule has 0 aliphatic rings. The fraction of sp³-hybridized carbons (Fsp3) is 0.788. The number of hydrogen-bond donors (Lipinski definition) is 0. The van der Waals surface area contributed by atoms with Crippen molar-refractivity contribution in [2.24, 2.45) is 0 Å². The molecular weight excluding hydrogens is 721 g/mol. The molecule has 1 unspecified atom stereocenters. The summed E-state index contributed by atoms with van der Waals surface area (Å²) < 4.78 is 16.7. The van der Waals surface area contributed by atoms with Gasteiger partial charge in [-0.25, -0.2) is 0 Å². The van der Waals surface area contributed by atoms with Gasteiger partial charge in [-0.15, -0.1) is 0 Å². The average molecular weight is 813 g/mol. The highest BCUT2D eigenvalue weighted by Gasteiger charge is 2.19. The zero-order valence-electron chi connectivity index (χ0n) is 38.3. The Morgan fingerprint density at radius 2 is 0.672 bits per heavy atom. The molecule has 0 aliphatic carbocycles. The number of carbonyl (C=O) groups excluding carboxylic acids is 3. The molecule has 58 heavy (non-hydrogen) atoms. The highest BCUT2D eigenvalue weighted by molar-refractivity contribution is 5.71. The van der Waals surface area contributed by atoms with Crippen molar-refractivity contribution < 1.29 is 28.6 Å². The summed E-state index contributed by atoms with van der Waals surface area (Å²) in [5, 5.41) is 0. The molecule has 0 saturated heterocycles. The Balaban J connectivity index is 4.42. The Hall–Kier alpha value is -2.63. The molecule has 0 aromatic heterocycles. The highest BCUT2D eigenvalue weighted by atomic mass is 16.6. The van der Waals surface area contributed by atoms with Gasteiger partial charge in [0.25, 0.3) is 0 Å². The third kappa shape index (κ3) is 44.5. The third-order valence-corrected chi connectivity index (χ3v) is 10.6. The molecule has 0 aliphatic heterocycles. The predicted molar refractivity (Wildman–Crippen MR) is 247 cm³/mol. The van der Waals surface area contributed by atoms with E-state index < -0.39 is 6.10 Å². The van der Waals surface area contributed by atoms with Crippen LogP contribution in [-0.4, -0.2) is 37.2 Å². The molecule has 0 N–H and O–H groups in total. The SMILES string of the molecule is CC/C=C\C/C=C\C/C=C\CCCCCCC(=O)OCC(COC(=O)CCCCCCCCCCCCCCC)OC(=O)CCCCC/C=C\CCCCCCCC. The van der Waals surface area contributed by atoms with Gasteiger partial charge in [0.2, 0.25) is 0 Å². The van der Waals surface area contributed by atoms with Crippen molar-refractivity contribution in [3.8, 4) is 0 Å². The molecule has 1 atom stereocenters. The molecule has 6 nitrogen and oxygen atoms in total. The van der Waals surface area contributed by atoms with Gasteiger partial charge in [-0.1, -0.05) is 198 Å². The van der Waals surface area contributed by atoms with Crippen molar-refractivity contribution in [2.75, 3.05) is 13.2 Å². The number of unbranched alkanes of at least 4 members (excludes halogenated alkanes) is 25. The normalized spacial score (nSPS) is 12.4. The van der Waals surface area contributed by atoms with E-state index in [2.05, 4.69) is 69.4 Å². The molecule has 6 heteroatoms. The highest BCUT2D eigenvalue weighted by Crippen LogP contribution is 2.15. The lowest BCUT2D eigenvalue weighted by molar-refractivity contribution is -0.167. The summed E-state index contributed by atoms with van der Waals surface area (Å²) in [7, 11) is 0. The number of ether oxygens (including phenoxy) is 3. The van der Waals surface area contributed by atoms with Crippen LogP contribution in [0, 0.1) is 0 Å². The molecule has 0 aromatic carbocycles. The van der Waals surface area contributed by atoms with Gasteiger partial charge in [0.1, 0.15) is 13.2 Å². The van der Waals surface area contributed by atoms with E-state index in [-0.39, 0.29) is 31.1 Å². The molecule has 0 bridgehead atoms. The van der Waals surface area contributed by atoms with Crippen LogP contribution in [-0.2, 0) is 28.6 Å². The minimum atomic E-state index is -0.786. The van der Waals surface area contributed by atoms with Crippen LogP contribution in [0.15, 0.2) is 48.6 Å². The topological polar surface area (TPSA) is 78.9 Å². The summed E-state index contributed by atoms with van der Waals surface area (Å²) in [6, 6.07) is 0. The molecule has 0 fully saturated rings. The molecule has 0 spiro atoms. The van der Waals surface area contributed by atoms with E-state index >= 15 is 0 Å². The molecule has 0 aromatic rings. The average Bonchev–Trinajstić information content (AvgIpc) is 3.22. The lowest BCUT2D eigenvalue weighted by Gasteiger charge is -2.18. The van der Waals surface area contributed by atoms with Gasteiger partial charge < -0.3 is 14.2 Å². The van der Waals surface area contributed by atoms with Gasteiger partial charge in [0.05, 0.1) is 0 Å². The van der Waals surface area contributed by atoms with E-state index in [0.29, 0.717) is 19.3 Å². The Morgan fingerprint density at radius 1 is 0.362 bits per heavy atom. The molecule has 0 amide bonds. The van der Waals surface area contributed by atoms with E-state index in [9.17, 15) is 14.4 Å². The van der Waals surface area contributed by atoms with Crippen molar-refractivity contribution in [1.82, 2.24) is 0 Å². The van der Waals surface area contributed by atoms with Crippen LogP contribution >= 0.6 is 0 Å². The summed E-state index contributed by atoms with van der Waals surface area (Å²) in [5.41, 5.74) is 0. The smallest absolute Gasteiger partial charge is 0.306 e. The fourth-order valence-electron chi connectivity index (χ4n) is 6.86. The standard InChI is InChI=1S/C52H92O6/c1-4-7-10-13-16-19-22-25-28-30-33-36-39-42-45-51(54)57-48-49(58-52(55)46-43-40-37-34-31-27-24-21-18-15-12-9-6-3)47-56-50(53)44-41-38-35-32-29-26-23-20-17-14-11-8-5-2/h7,10,16,19,25,27-28,31,49H,4-6,8-9,11-15,17-18,20-24,26,29-30,32-48H2,1-3H3/b10-7-,19-16-,28-25-,31-27-. The fourth-order valence-corrected chi connectivity index (χ4v) is 6.86. The third-order valence-electron chi connectivity index (χ3n) is 10.6. The number of allylic oxidation sites excluding steroid dienone is 8. The first kappa shape index (κ1) is 55.4. The van der Waals surface area contributed by atoms with Gasteiger partial charge >= 0.3 is 17.9 Å². The lowest BCUT2D eigenvalue weighted by Crippen LogP contribution is -2.30. The van der Waals surface area contributed by atoms with Crippen molar-refractivity contribution >= 4 is 17.9 Å². The second-order valence-electron chi connectivity index (χ2n) is 16.3.